The molecular formula is C16H34N4O. The maximum atomic E-state index is 5.34. The first kappa shape index (κ1) is 18.2. The Balaban J connectivity index is 2.14. The maximum absolute atomic E-state index is 5.34. The Morgan fingerprint density at radius 2 is 1.95 bits per heavy atom. The Kier molecular flexibility index (Phi) is 10.3. The van der Waals surface area contributed by atoms with Gasteiger partial charge in [-0.3, -0.25) is 9.89 Å². The fourth-order valence-electron chi connectivity index (χ4n) is 2.75. The Labute approximate surface area is 130 Å². The molecule has 1 saturated heterocycles. The van der Waals surface area contributed by atoms with E-state index in [9.17, 15) is 0 Å². The van der Waals surface area contributed by atoms with Crippen molar-refractivity contribution >= 4 is 5.96 Å². The smallest absolute Gasteiger partial charge is 0.191 e. The van der Waals surface area contributed by atoms with E-state index in [1.807, 2.05) is 14.0 Å². The Hall–Kier alpha value is -0.810. The van der Waals surface area contributed by atoms with E-state index >= 15 is 0 Å². The monoisotopic (exact) mass is 298 g/mol. The Morgan fingerprint density at radius 3 is 2.57 bits per heavy atom. The van der Waals surface area contributed by atoms with Crippen molar-refractivity contribution < 1.29 is 4.74 Å². The molecule has 1 aliphatic heterocycles. The molecule has 124 valence electrons. The molecule has 1 atom stereocenters. The molecule has 0 aromatic rings. The highest BCUT2D eigenvalue weighted by Crippen LogP contribution is 2.13. The van der Waals surface area contributed by atoms with Gasteiger partial charge in [0.15, 0.2) is 5.96 Å². The molecule has 1 fully saturated rings. The van der Waals surface area contributed by atoms with Gasteiger partial charge in [-0.1, -0.05) is 6.92 Å². The third-order valence-electron chi connectivity index (χ3n) is 4.07. The molecule has 1 unspecified atom stereocenters. The van der Waals surface area contributed by atoms with Crippen LogP contribution in [0.2, 0.25) is 0 Å². The lowest BCUT2D eigenvalue weighted by molar-refractivity contribution is 0.143. The number of nitrogens with one attached hydrogen (secondary N) is 2. The number of hydrogen-bond acceptors (Lipinski definition) is 3. The fraction of sp³-hybridized carbons (Fsp3) is 0.938. The van der Waals surface area contributed by atoms with Gasteiger partial charge in [-0.05, 0) is 52.1 Å². The standard InChI is InChI=1S/C16H34N4O/c1-4-15(20-11-7-8-12-20)14-19-16(17-3)18-10-6-9-13-21-5-2/h15H,4-14H2,1-3H3,(H2,17,18,19). The maximum Gasteiger partial charge on any atom is 0.191 e. The average molecular weight is 298 g/mol. The molecule has 1 aliphatic rings. The molecule has 1 rings (SSSR count). The van der Waals surface area contributed by atoms with Crippen molar-refractivity contribution in [3.8, 4) is 0 Å². The third kappa shape index (κ3) is 7.67. The molecule has 5 heteroatoms. The highest BCUT2D eigenvalue weighted by molar-refractivity contribution is 5.79. The molecule has 0 aliphatic carbocycles. The van der Waals surface area contributed by atoms with Gasteiger partial charge in [0.25, 0.3) is 0 Å². The van der Waals surface area contributed by atoms with Gasteiger partial charge >= 0.3 is 0 Å². The van der Waals surface area contributed by atoms with Crippen molar-refractivity contribution in [2.75, 3.05) is 46.4 Å². The van der Waals surface area contributed by atoms with Gasteiger partial charge in [0.05, 0.1) is 0 Å². The highest BCUT2D eigenvalue weighted by atomic mass is 16.5. The summed E-state index contributed by atoms with van der Waals surface area (Å²) in [4.78, 5) is 6.90. The normalized spacial score (nSPS) is 18.0. The second-order valence-corrected chi connectivity index (χ2v) is 5.59. The van der Waals surface area contributed by atoms with E-state index in [1.165, 1.54) is 32.4 Å². The van der Waals surface area contributed by atoms with E-state index < -0.39 is 0 Å². The molecule has 0 aromatic carbocycles. The number of rotatable bonds is 10. The number of aliphatic imine (C=N–C) groups is 1. The summed E-state index contributed by atoms with van der Waals surface area (Å²) in [5.74, 6) is 0.920. The second-order valence-electron chi connectivity index (χ2n) is 5.59. The zero-order valence-corrected chi connectivity index (χ0v) is 14.2. The predicted molar refractivity (Wildman–Crippen MR) is 90.0 cm³/mol. The Bertz CT molecular complexity index is 277. The van der Waals surface area contributed by atoms with E-state index in [4.69, 9.17) is 4.74 Å². The summed E-state index contributed by atoms with van der Waals surface area (Å²) in [6.45, 7) is 10.4. The largest absolute Gasteiger partial charge is 0.382 e. The molecule has 0 spiro atoms. The van der Waals surface area contributed by atoms with Gasteiger partial charge in [-0.15, -0.1) is 0 Å². The van der Waals surface area contributed by atoms with Crippen LogP contribution in [0.15, 0.2) is 4.99 Å². The summed E-state index contributed by atoms with van der Waals surface area (Å²) in [7, 11) is 1.84. The van der Waals surface area contributed by atoms with Crippen molar-refractivity contribution in [1.29, 1.82) is 0 Å². The third-order valence-corrected chi connectivity index (χ3v) is 4.07. The summed E-state index contributed by atoms with van der Waals surface area (Å²) in [5.41, 5.74) is 0. The van der Waals surface area contributed by atoms with Gasteiger partial charge in [0.2, 0.25) is 0 Å². The minimum Gasteiger partial charge on any atom is -0.382 e. The number of guanidine groups is 1. The van der Waals surface area contributed by atoms with Gasteiger partial charge in [-0.2, -0.15) is 0 Å². The summed E-state index contributed by atoms with van der Waals surface area (Å²) in [6, 6.07) is 0.629. The second kappa shape index (κ2) is 11.8. The molecule has 1 heterocycles. The molecule has 0 saturated carbocycles. The van der Waals surface area contributed by atoms with Crippen molar-refractivity contribution in [1.82, 2.24) is 15.5 Å². The van der Waals surface area contributed by atoms with Gasteiger partial charge in [-0.25, -0.2) is 0 Å². The number of likely N-dealkylation sites (tertiary alicyclic amines) is 1. The SMILES string of the molecule is CCOCCCCNC(=NC)NCC(CC)N1CCCC1. The molecule has 2 N–H and O–H groups in total. The number of ether oxygens (including phenoxy) is 1. The van der Waals surface area contributed by atoms with Gasteiger partial charge < -0.3 is 15.4 Å². The van der Waals surface area contributed by atoms with Crippen LogP contribution in [0, 0.1) is 0 Å². The minimum absolute atomic E-state index is 0.629. The van der Waals surface area contributed by atoms with E-state index in [1.54, 1.807) is 0 Å². The molecule has 5 nitrogen and oxygen atoms in total. The van der Waals surface area contributed by atoms with Crippen LogP contribution >= 0.6 is 0 Å². The first-order valence-electron chi connectivity index (χ1n) is 8.58. The van der Waals surface area contributed by atoms with Crippen LogP contribution in [0.25, 0.3) is 0 Å². The van der Waals surface area contributed by atoms with E-state index in [0.717, 1.165) is 45.1 Å². The van der Waals surface area contributed by atoms with Gasteiger partial charge in [0, 0.05) is 39.4 Å². The van der Waals surface area contributed by atoms with Crippen LogP contribution < -0.4 is 10.6 Å². The van der Waals surface area contributed by atoms with Crippen LogP contribution in [0.4, 0.5) is 0 Å². The fourth-order valence-corrected chi connectivity index (χ4v) is 2.75. The average Bonchev–Trinajstić information content (AvgIpc) is 3.03. The molecule has 0 bridgehead atoms. The zero-order chi connectivity index (χ0) is 15.3. The summed E-state index contributed by atoms with van der Waals surface area (Å²) < 4.78 is 5.34. The highest BCUT2D eigenvalue weighted by Gasteiger charge is 2.20. The van der Waals surface area contributed by atoms with Crippen LogP contribution in [0.1, 0.15) is 46.0 Å². The van der Waals surface area contributed by atoms with Crippen molar-refractivity contribution in [2.24, 2.45) is 4.99 Å². The zero-order valence-electron chi connectivity index (χ0n) is 14.2. The van der Waals surface area contributed by atoms with Crippen LogP contribution in [-0.2, 0) is 4.74 Å². The van der Waals surface area contributed by atoms with Crippen LogP contribution in [0.3, 0.4) is 0 Å². The van der Waals surface area contributed by atoms with E-state index in [0.29, 0.717) is 6.04 Å². The lowest BCUT2D eigenvalue weighted by atomic mass is 10.2. The van der Waals surface area contributed by atoms with Crippen LogP contribution in [0.5, 0.6) is 0 Å². The molecule has 0 aromatic heterocycles. The minimum atomic E-state index is 0.629. The lowest BCUT2D eigenvalue weighted by Gasteiger charge is -2.27. The topological polar surface area (TPSA) is 48.9 Å². The molecule has 0 amide bonds. The number of nitrogens with zero attached hydrogens (tertiary/aromatic N) is 2. The summed E-state index contributed by atoms with van der Waals surface area (Å²) >= 11 is 0. The molecule has 21 heavy (non-hydrogen) atoms. The summed E-state index contributed by atoms with van der Waals surface area (Å²) in [5, 5.41) is 6.85. The molecular weight excluding hydrogens is 264 g/mol. The van der Waals surface area contributed by atoms with Gasteiger partial charge in [0.1, 0.15) is 0 Å². The first-order chi connectivity index (χ1) is 10.3. The molecule has 0 radical (unpaired) electrons. The van der Waals surface area contributed by atoms with Crippen molar-refractivity contribution in [2.45, 2.75) is 52.0 Å². The number of unbranched alkanes of at least 4 members (excludes halogenated alkanes) is 1. The van der Waals surface area contributed by atoms with Crippen LogP contribution in [-0.4, -0.2) is 63.3 Å². The first-order valence-corrected chi connectivity index (χ1v) is 8.58. The van der Waals surface area contributed by atoms with E-state index in [-0.39, 0.29) is 0 Å². The van der Waals surface area contributed by atoms with Crippen molar-refractivity contribution in [3.05, 3.63) is 0 Å². The Morgan fingerprint density at radius 1 is 1.19 bits per heavy atom. The quantitative estimate of drug-likeness (QED) is 0.367. The van der Waals surface area contributed by atoms with E-state index in [2.05, 4.69) is 27.4 Å². The predicted octanol–water partition coefficient (Wildman–Crippen LogP) is 1.84. The lowest BCUT2D eigenvalue weighted by Crippen LogP contribution is -2.46. The number of hydrogen-bond donors (Lipinski definition) is 2. The summed E-state index contributed by atoms with van der Waals surface area (Å²) in [6.07, 6.45) is 6.11. The van der Waals surface area contributed by atoms with Crippen molar-refractivity contribution in [3.63, 3.8) is 0 Å².